The number of halogens is 1. The third-order valence-electron chi connectivity index (χ3n) is 4.90. The fourth-order valence-corrected chi connectivity index (χ4v) is 3.31. The molecule has 0 rings (SSSR count). The van der Waals surface area contributed by atoms with Crippen LogP contribution in [0, 0.1) is 0 Å². The van der Waals surface area contributed by atoms with Gasteiger partial charge in [-0.15, -0.1) is 0 Å². The van der Waals surface area contributed by atoms with Gasteiger partial charge in [0.05, 0.1) is 19.6 Å². The van der Waals surface area contributed by atoms with Crippen LogP contribution >= 0.6 is 0 Å². The first-order chi connectivity index (χ1) is 10.8. The monoisotopic (exact) mass is 391 g/mol. The van der Waals surface area contributed by atoms with Gasteiger partial charge in [0.1, 0.15) is 0 Å². The fraction of sp³-hybridized carbons (Fsp3) is 1.00. The van der Waals surface area contributed by atoms with Crippen LogP contribution in [0.4, 0.5) is 0 Å². The number of nitrogens with one attached hydrogen (secondary N) is 1. The van der Waals surface area contributed by atoms with Crippen molar-refractivity contribution in [2.75, 3.05) is 19.6 Å². The van der Waals surface area contributed by atoms with E-state index in [0.717, 1.165) is 0 Å². The topological polar surface area (TPSA) is 4.44 Å². The second-order valence-corrected chi connectivity index (χ2v) is 7.24. The van der Waals surface area contributed by atoms with E-state index in [0.29, 0.717) is 0 Å². The van der Waals surface area contributed by atoms with Crippen LogP contribution in [0.5, 0.6) is 0 Å². The van der Waals surface area contributed by atoms with Crippen LogP contribution in [-0.4, -0.2) is 19.6 Å². The molecular formula is C21H46BrN. The van der Waals surface area contributed by atoms with E-state index in [9.17, 15) is 0 Å². The molecule has 142 valence electrons. The summed E-state index contributed by atoms with van der Waals surface area (Å²) < 4.78 is 0. The largest absolute Gasteiger partial charge is 1.00 e. The van der Waals surface area contributed by atoms with Gasteiger partial charge in [-0.25, -0.2) is 0 Å². The van der Waals surface area contributed by atoms with E-state index in [1.165, 1.54) is 116 Å². The third kappa shape index (κ3) is 20.4. The Hall–Kier alpha value is 0.440. The summed E-state index contributed by atoms with van der Waals surface area (Å²) in [6, 6.07) is 0. The Bertz CT molecular complexity index is 163. The Morgan fingerprint density at radius 3 is 0.913 bits per heavy atom. The molecule has 0 heterocycles. The van der Waals surface area contributed by atoms with Gasteiger partial charge in [0, 0.05) is 0 Å². The summed E-state index contributed by atoms with van der Waals surface area (Å²) in [7, 11) is 0. The van der Waals surface area contributed by atoms with E-state index in [1.807, 2.05) is 4.90 Å². The molecule has 0 radical (unpaired) electrons. The first-order valence-corrected chi connectivity index (χ1v) is 10.7. The maximum atomic E-state index is 2.31. The zero-order chi connectivity index (χ0) is 16.3. The van der Waals surface area contributed by atoms with E-state index in [2.05, 4.69) is 20.8 Å². The van der Waals surface area contributed by atoms with E-state index >= 15 is 0 Å². The molecular weight excluding hydrogens is 346 g/mol. The Labute approximate surface area is 158 Å². The van der Waals surface area contributed by atoms with Gasteiger partial charge >= 0.3 is 0 Å². The Kier molecular flexibility index (Phi) is 25.1. The molecule has 0 aliphatic carbocycles. The number of quaternary nitrogens is 1. The number of unbranched alkanes of at least 4 members (excludes halogenated alkanes) is 12. The minimum absolute atomic E-state index is 0. The molecule has 0 aromatic carbocycles. The van der Waals surface area contributed by atoms with Crippen molar-refractivity contribution in [3.8, 4) is 0 Å². The predicted molar refractivity (Wildman–Crippen MR) is 102 cm³/mol. The highest BCUT2D eigenvalue weighted by molar-refractivity contribution is 4.46. The number of rotatable bonds is 18. The minimum Gasteiger partial charge on any atom is -1.00 e. The second kappa shape index (κ2) is 22.4. The van der Waals surface area contributed by atoms with Crippen LogP contribution in [0.3, 0.4) is 0 Å². The van der Waals surface area contributed by atoms with Crippen molar-refractivity contribution in [2.45, 2.75) is 117 Å². The molecule has 0 aromatic rings. The SMILES string of the molecule is CCCCCCC[NH+](CCCCCCC)CCCCCCC.[Br-]. The summed E-state index contributed by atoms with van der Waals surface area (Å²) in [5.41, 5.74) is 0. The van der Waals surface area contributed by atoms with Crippen molar-refractivity contribution in [3.05, 3.63) is 0 Å². The molecule has 0 spiro atoms. The molecule has 0 atom stereocenters. The molecule has 1 N–H and O–H groups in total. The van der Waals surface area contributed by atoms with Gasteiger partial charge < -0.3 is 21.9 Å². The second-order valence-electron chi connectivity index (χ2n) is 7.24. The molecule has 0 unspecified atom stereocenters. The predicted octanol–water partition coefficient (Wildman–Crippen LogP) is 2.79. The Morgan fingerprint density at radius 1 is 0.391 bits per heavy atom. The standard InChI is InChI=1S/C21H45N.BrH/c1-4-7-10-13-16-19-22(20-17-14-11-8-5-2)21-18-15-12-9-6-3;/h4-21H2,1-3H3;1H. The van der Waals surface area contributed by atoms with Gasteiger partial charge in [-0.1, -0.05) is 78.6 Å². The summed E-state index contributed by atoms with van der Waals surface area (Å²) in [5.74, 6) is 0. The van der Waals surface area contributed by atoms with Crippen LogP contribution in [0.2, 0.25) is 0 Å². The maximum Gasteiger partial charge on any atom is 0.0770 e. The molecule has 1 nitrogen and oxygen atoms in total. The lowest BCUT2D eigenvalue weighted by Gasteiger charge is -2.19. The van der Waals surface area contributed by atoms with Gasteiger partial charge in [-0.05, 0) is 38.5 Å². The molecule has 0 bridgehead atoms. The van der Waals surface area contributed by atoms with Gasteiger partial charge in [0.15, 0.2) is 0 Å². The van der Waals surface area contributed by atoms with Crippen LogP contribution in [-0.2, 0) is 0 Å². The highest BCUT2D eigenvalue weighted by atomic mass is 79.9. The van der Waals surface area contributed by atoms with E-state index in [4.69, 9.17) is 0 Å². The Balaban J connectivity index is 0. The van der Waals surface area contributed by atoms with Crippen molar-refractivity contribution in [3.63, 3.8) is 0 Å². The zero-order valence-electron chi connectivity index (χ0n) is 16.6. The lowest BCUT2D eigenvalue weighted by Crippen LogP contribution is -3.12. The van der Waals surface area contributed by atoms with E-state index < -0.39 is 0 Å². The summed E-state index contributed by atoms with van der Waals surface area (Å²) in [6.45, 7) is 11.2. The lowest BCUT2D eigenvalue weighted by molar-refractivity contribution is -0.900. The number of hydrogen-bond donors (Lipinski definition) is 1. The van der Waals surface area contributed by atoms with Crippen LogP contribution < -0.4 is 21.9 Å². The number of hydrogen-bond acceptors (Lipinski definition) is 0. The molecule has 0 aromatic heterocycles. The van der Waals surface area contributed by atoms with Crippen molar-refractivity contribution in [1.29, 1.82) is 0 Å². The highest BCUT2D eigenvalue weighted by Crippen LogP contribution is 2.03. The summed E-state index contributed by atoms with van der Waals surface area (Å²) in [6.07, 6.45) is 21.5. The first kappa shape index (κ1) is 25.7. The molecule has 23 heavy (non-hydrogen) atoms. The van der Waals surface area contributed by atoms with E-state index in [-0.39, 0.29) is 17.0 Å². The molecule has 0 aliphatic heterocycles. The first-order valence-electron chi connectivity index (χ1n) is 10.7. The summed E-state index contributed by atoms with van der Waals surface area (Å²) >= 11 is 0. The van der Waals surface area contributed by atoms with Gasteiger partial charge in [-0.2, -0.15) is 0 Å². The van der Waals surface area contributed by atoms with Gasteiger partial charge in [0.25, 0.3) is 0 Å². The lowest BCUT2D eigenvalue weighted by atomic mass is 10.1. The third-order valence-corrected chi connectivity index (χ3v) is 4.90. The van der Waals surface area contributed by atoms with Crippen LogP contribution in [0.15, 0.2) is 0 Å². The molecule has 0 amide bonds. The smallest absolute Gasteiger partial charge is 0.0770 e. The molecule has 2 heteroatoms. The minimum atomic E-state index is 0. The van der Waals surface area contributed by atoms with Crippen molar-refractivity contribution >= 4 is 0 Å². The van der Waals surface area contributed by atoms with E-state index in [1.54, 1.807) is 0 Å². The Morgan fingerprint density at radius 2 is 0.652 bits per heavy atom. The van der Waals surface area contributed by atoms with Gasteiger partial charge in [0.2, 0.25) is 0 Å². The molecule has 0 saturated heterocycles. The average Bonchev–Trinajstić information content (AvgIpc) is 2.53. The van der Waals surface area contributed by atoms with Crippen molar-refractivity contribution in [1.82, 2.24) is 0 Å². The normalized spacial score (nSPS) is 11.0. The molecule has 0 aliphatic rings. The summed E-state index contributed by atoms with van der Waals surface area (Å²) in [5, 5.41) is 0. The summed E-state index contributed by atoms with van der Waals surface area (Å²) in [4.78, 5) is 1.91. The molecule has 0 saturated carbocycles. The maximum absolute atomic E-state index is 2.31. The highest BCUT2D eigenvalue weighted by Gasteiger charge is 2.07. The van der Waals surface area contributed by atoms with Crippen molar-refractivity contribution in [2.24, 2.45) is 0 Å². The quantitative estimate of drug-likeness (QED) is 0.342. The molecule has 0 fully saturated rings. The van der Waals surface area contributed by atoms with Crippen LogP contribution in [0.25, 0.3) is 0 Å². The van der Waals surface area contributed by atoms with Crippen LogP contribution in [0.1, 0.15) is 117 Å². The van der Waals surface area contributed by atoms with Crippen molar-refractivity contribution < 1.29 is 21.9 Å². The van der Waals surface area contributed by atoms with Gasteiger partial charge in [-0.3, -0.25) is 0 Å². The zero-order valence-corrected chi connectivity index (χ0v) is 18.2. The fourth-order valence-electron chi connectivity index (χ4n) is 3.31. The average molecular weight is 393 g/mol.